The van der Waals surface area contributed by atoms with Gasteiger partial charge in [-0.15, -0.1) is 0 Å². The second-order valence-corrected chi connectivity index (χ2v) is 8.30. The van der Waals surface area contributed by atoms with Gasteiger partial charge in [-0.3, -0.25) is 8.75 Å². The largest absolute Gasteiger partial charge is 0.331 e. The highest BCUT2D eigenvalue weighted by Gasteiger charge is 2.28. The Morgan fingerprint density at radius 2 is 1.69 bits per heavy atom. The molecule has 7 nitrogen and oxygen atoms in total. The van der Waals surface area contributed by atoms with Crippen LogP contribution in [0.5, 0.6) is 0 Å². The molecule has 0 aliphatic carbocycles. The molecule has 0 rings (SSSR count). The fourth-order valence-corrected chi connectivity index (χ4v) is 4.80. The second-order valence-electron chi connectivity index (χ2n) is 3.07. The molecule has 0 aromatic carbocycles. The minimum absolute atomic E-state index is 0.160. The molecule has 0 aromatic heterocycles. The Hall–Kier alpha value is 0.0500. The van der Waals surface area contributed by atoms with E-state index in [-0.39, 0.29) is 6.61 Å². The van der Waals surface area contributed by atoms with Crippen LogP contribution in [0.15, 0.2) is 0 Å². The van der Waals surface area contributed by atoms with Crippen molar-refractivity contribution in [3.05, 3.63) is 0 Å². The Morgan fingerprint density at radius 1 is 1.19 bits per heavy atom. The number of hydrogen-bond acceptors (Lipinski definition) is 7. The molecule has 0 aromatic rings. The summed E-state index contributed by atoms with van der Waals surface area (Å²) < 4.78 is 64.2. The van der Waals surface area contributed by atoms with Gasteiger partial charge in [0, 0.05) is 6.26 Å². The molecule has 0 radical (unpaired) electrons. The van der Waals surface area contributed by atoms with E-state index in [9.17, 15) is 21.4 Å². The zero-order valence-corrected chi connectivity index (χ0v) is 11.8. The van der Waals surface area contributed by atoms with E-state index in [4.69, 9.17) is 0 Å². The van der Waals surface area contributed by atoms with E-state index in [1.54, 1.807) is 6.92 Å². The molecule has 0 spiro atoms. The molecule has 10 heteroatoms. The van der Waals surface area contributed by atoms with E-state index in [0.717, 1.165) is 12.5 Å². The number of rotatable bonds is 7. The van der Waals surface area contributed by atoms with Crippen molar-refractivity contribution in [3.8, 4) is 0 Å². The summed E-state index contributed by atoms with van der Waals surface area (Å²) in [4.78, 5) is 0. The quantitative estimate of drug-likeness (QED) is 0.475. The van der Waals surface area contributed by atoms with Crippen molar-refractivity contribution in [3.63, 3.8) is 0 Å². The lowest BCUT2D eigenvalue weighted by atomic mass is 10.9. The Morgan fingerprint density at radius 3 is 2.00 bits per heavy atom. The lowest BCUT2D eigenvalue weighted by Gasteiger charge is -2.13. The maximum absolute atomic E-state index is 11.2. The molecule has 0 aliphatic rings. The van der Waals surface area contributed by atoms with E-state index in [0.29, 0.717) is 0 Å². The first-order valence-corrected chi connectivity index (χ1v) is 9.58. The van der Waals surface area contributed by atoms with E-state index < -0.39 is 39.6 Å². The lowest BCUT2D eigenvalue weighted by Crippen LogP contribution is -2.28. The van der Waals surface area contributed by atoms with Crippen molar-refractivity contribution in [2.24, 2.45) is 0 Å². The SMILES string of the molecule is CCO[PH](=O)CC(OS(C)(=O)=O)S(C)(=O)=O. The fraction of sp³-hybridized carbons (Fsp3) is 1.00. The first-order chi connectivity index (χ1) is 7.06. The molecule has 0 bridgehead atoms. The normalized spacial score (nSPS) is 16.9. The summed E-state index contributed by atoms with van der Waals surface area (Å²) in [6.45, 7) is 1.75. The van der Waals surface area contributed by atoms with E-state index in [2.05, 4.69) is 8.71 Å². The van der Waals surface area contributed by atoms with Gasteiger partial charge >= 0.3 is 0 Å². The van der Waals surface area contributed by atoms with Crippen LogP contribution >= 0.6 is 8.03 Å². The predicted molar refractivity (Wildman–Crippen MR) is 60.1 cm³/mol. The van der Waals surface area contributed by atoms with Crippen LogP contribution in [-0.2, 0) is 33.2 Å². The Bertz CT molecular complexity index is 437. The summed E-state index contributed by atoms with van der Waals surface area (Å²) in [5, 5.41) is 0. The van der Waals surface area contributed by atoms with Gasteiger partial charge in [0.1, 0.15) is 0 Å². The van der Waals surface area contributed by atoms with Crippen LogP contribution in [0.2, 0.25) is 0 Å². The first-order valence-electron chi connectivity index (χ1n) is 4.29. The zero-order chi connectivity index (χ0) is 13.0. The van der Waals surface area contributed by atoms with Gasteiger partial charge in [-0.2, -0.15) is 8.42 Å². The van der Waals surface area contributed by atoms with Crippen molar-refractivity contribution < 1.29 is 30.1 Å². The van der Waals surface area contributed by atoms with Crippen LogP contribution in [0.1, 0.15) is 6.92 Å². The Balaban J connectivity index is 4.79. The van der Waals surface area contributed by atoms with Gasteiger partial charge < -0.3 is 4.52 Å². The standard InChI is InChI=1S/C6H15O7PS2/c1-4-12-14(7)5-6(15(2,8)9)13-16(3,10)11/h6,14H,4-5H2,1-3H3. The van der Waals surface area contributed by atoms with Crippen molar-refractivity contribution >= 4 is 28.0 Å². The van der Waals surface area contributed by atoms with E-state index in [1.165, 1.54) is 0 Å². The summed E-state index contributed by atoms with van der Waals surface area (Å²) in [6.07, 6.45) is 1.07. The van der Waals surface area contributed by atoms with Gasteiger partial charge in [-0.1, -0.05) is 0 Å². The maximum atomic E-state index is 11.2. The fourth-order valence-electron chi connectivity index (χ4n) is 0.808. The molecular formula is C6H15O7PS2. The molecule has 0 fully saturated rings. The molecule has 16 heavy (non-hydrogen) atoms. The maximum Gasteiger partial charge on any atom is 0.265 e. The molecule has 0 N–H and O–H groups in total. The van der Waals surface area contributed by atoms with Crippen molar-refractivity contribution in [1.82, 2.24) is 0 Å². The summed E-state index contributed by atoms with van der Waals surface area (Å²) in [5.74, 6) is 0. The third kappa shape index (κ3) is 7.34. The number of sulfone groups is 1. The van der Waals surface area contributed by atoms with Crippen LogP contribution in [-0.4, -0.2) is 47.6 Å². The van der Waals surface area contributed by atoms with Crippen LogP contribution in [0.3, 0.4) is 0 Å². The van der Waals surface area contributed by atoms with Crippen LogP contribution in [0, 0.1) is 0 Å². The molecule has 0 saturated heterocycles. The van der Waals surface area contributed by atoms with Crippen molar-refractivity contribution in [2.45, 2.75) is 12.4 Å². The van der Waals surface area contributed by atoms with Crippen molar-refractivity contribution in [1.29, 1.82) is 0 Å². The average molecular weight is 294 g/mol. The number of hydrogen-bond donors (Lipinski definition) is 0. The van der Waals surface area contributed by atoms with Crippen LogP contribution in [0.25, 0.3) is 0 Å². The third-order valence-corrected chi connectivity index (χ3v) is 4.93. The molecule has 0 heterocycles. The topological polar surface area (TPSA) is 104 Å². The molecule has 0 aliphatic heterocycles. The Labute approximate surface area is 96.0 Å². The zero-order valence-electron chi connectivity index (χ0n) is 9.17. The average Bonchev–Trinajstić information content (AvgIpc) is 1.98. The Kier molecular flexibility index (Phi) is 6.13. The molecule has 2 unspecified atom stereocenters. The molecule has 98 valence electrons. The van der Waals surface area contributed by atoms with E-state index in [1.807, 2.05) is 0 Å². The minimum atomic E-state index is -3.92. The second kappa shape index (κ2) is 6.11. The summed E-state index contributed by atoms with van der Waals surface area (Å²) in [7, 11) is -10.3. The minimum Gasteiger partial charge on any atom is -0.331 e. The highest BCUT2D eigenvalue weighted by Crippen LogP contribution is 2.26. The summed E-state index contributed by atoms with van der Waals surface area (Å²) in [5.41, 5.74) is -1.65. The summed E-state index contributed by atoms with van der Waals surface area (Å²) >= 11 is 0. The van der Waals surface area contributed by atoms with Gasteiger partial charge in [0.15, 0.2) is 23.3 Å². The van der Waals surface area contributed by atoms with Crippen LogP contribution in [0.4, 0.5) is 0 Å². The predicted octanol–water partition coefficient (Wildman–Crippen LogP) is -0.155. The van der Waals surface area contributed by atoms with Gasteiger partial charge in [-0.05, 0) is 6.92 Å². The third-order valence-electron chi connectivity index (χ3n) is 1.40. The van der Waals surface area contributed by atoms with Crippen LogP contribution < -0.4 is 0 Å². The van der Waals surface area contributed by atoms with Gasteiger partial charge in [0.05, 0.1) is 19.0 Å². The molecule has 0 saturated carbocycles. The highest BCUT2D eigenvalue weighted by atomic mass is 32.2. The molecular weight excluding hydrogens is 279 g/mol. The van der Waals surface area contributed by atoms with Crippen molar-refractivity contribution in [2.75, 3.05) is 25.3 Å². The lowest BCUT2D eigenvalue weighted by molar-refractivity contribution is 0.289. The molecule has 0 amide bonds. The van der Waals surface area contributed by atoms with E-state index >= 15 is 0 Å². The summed E-state index contributed by atoms with van der Waals surface area (Å²) in [6, 6.07) is 0. The van der Waals surface area contributed by atoms with Gasteiger partial charge in [0.2, 0.25) is 0 Å². The first kappa shape index (κ1) is 16.1. The monoisotopic (exact) mass is 294 g/mol. The highest BCUT2D eigenvalue weighted by molar-refractivity contribution is 7.92. The molecule has 2 atom stereocenters. The smallest absolute Gasteiger partial charge is 0.265 e. The van der Waals surface area contributed by atoms with Gasteiger partial charge in [-0.25, -0.2) is 8.42 Å². The van der Waals surface area contributed by atoms with Gasteiger partial charge in [0.25, 0.3) is 10.1 Å².